The second-order valence-corrected chi connectivity index (χ2v) is 4.17. The Bertz CT molecular complexity index is 315. The van der Waals surface area contributed by atoms with Crippen LogP contribution in [0.25, 0.3) is 0 Å². The number of piperazine rings is 1. The number of nitrogens with one attached hydrogen (secondary N) is 1. The summed E-state index contributed by atoms with van der Waals surface area (Å²) in [5.74, 6) is 2.07. The maximum Gasteiger partial charge on any atom is 0.246 e. The zero-order valence-electron chi connectivity index (χ0n) is 9.17. The Morgan fingerprint density at radius 3 is 2.80 bits per heavy atom. The second kappa shape index (κ2) is 4.45. The van der Waals surface area contributed by atoms with Crippen LogP contribution in [0.5, 0.6) is 0 Å². The van der Waals surface area contributed by atoms with Crippen LogP contribution in [0.15, 0.2) is 0 Å². The first kappa shape index (κ1) is 11.7. The summed E-state index contributed by atoms with van der Waals surface area (Å²) in [4.78, 5) is 24.6. The number of carbonyl (C=O) groups is 2. The van der Waals surface area contributed by atoms with Gasteiger partial charge in [-0.1, -0.05) is 0 Å². The lowest BCUT2D eigenvalue weighted by Crippen LogP contribution is -2.64. The normalized spacial score (nSPS) is 20.9. The molecular formula is C11H16N2O2. The molecule has 0 bridgehead atoms. The van der Waals surface area contributed by atoms with E-state index in [4.69, 9.17) is 6.42 Å². The third-order valence-corrected chi connectivity index (χ3v) is 2.68. The molecule has 1 aliphatic rings. The molecule has 0 spiro atoms. The van der Waals surface area contributed by atoms with Crippen LogP contribution in [0.4, 0.5) is 0 Å². The molecule has 0 radical (unpaired) electrons. The van der Waals surface area contributed by atoms with E-state index in [1.165, 1.54) is 0 Å². The molecule has 0 atom stereocenters. The lowest BCUT2D eigenvalue weighted by atomic mass is 9.98. The van der Waals surface area contributed by atoms with Gasteiger partial charge in [0.2, 0.25) is 11.8 Å². The summed E-state index contributed by atoms with van der Waals surface area (Å²) in [6.45, 7) is 4.56. The molecule has 1 rings (SSSR count). The zero-order valence-corrected chi connectivity index (χ0v) is 9.17. The molecule has 15 heavy (non-hydrogen) atoms. The van der Waals surface area contributed by atoms with E-state index >= 15 is 0 Å². The number of rotatable bonds is 3. The van der Waals surface area contributed by atoms with Crippen LogP contribution in [-0.2, 0) is 9.59 Å². The van der Waals surface area contributed by atoms with Crippen LogP contribution in [0, 0.1) is 12.3 Å². The van der Waals surface area contributed by atoms with E-state index in [-0.39, 0.29) is 18.4 Å². The highest BCUT2D eigenvalue weighted by molar-refractivity contribution is 6.02. The summed E-state index contributed by atoms with van der Waals surface area (Å²) in [5, 5.41) is 2.33. The number of amides is 2. The van der Waals surface area contributed by atoms with Gasteiger partial charge in [0, 0.05) is 13.0 Å². The van der Waals surface area contributed by atoms with Crippen molar-refractivity contribution in [3.05, 3.63) is 0 Å². The molecule has 0 aromatic rings. The minimum absolute atomic E-state index is 0.236. The van der Waals surface area contributed by atoms with Gasteiger partial charge in [-0.25, -0.2) is 0 Å². The van der Waals surface area contributed by atoms with Crippen LogP contribution >= 0.6 is 0 Å². The summed E-state index contributed by atoms with van der Waals surface area (Å²) >= 11 is 0. The first-order valence-corrected chi connectivity index (χ1v) is 5.01. The average molecular weight is 208 g/mol. The highest BCUT2D eigenvalue weighted by atomic mass is 16.2. The summed E-state index contributed by atoms with van der Waals surface area (Å²) < 4.78 is 0. The molecule has 2 amide bonds. The van der Waals surface area contributed by atoms with Gasteiger partial charge in [-0.3, -0.25) is 19.8 Å². The number of unbranched alkanes of at least 4 members (excludes halogenated alkanes) is 1. The Morgan fingerprint density at radius 2 is 2.20 bits per heavy atom. The van der Waals surface area contributed by atoms with Crippen LogP contribution in [0.1, 0.15) is 26.7 Å². The second-order valence-electron chi connectivity index (χ2n) is 4.17. The van der Waals surface area contributed by atoms with Gasteiger partial charge in [0.05, 0.1) is 12.1 Å². The van der Waals surface area contributed by atoms with Gasteiger partial charge in [0.1, 0.15) is 0 Å². The van der Waals surface area contributed by atoms with Crippen molar-refractivity contribution in [3.63, 3.8) is 0 Å². The van der Waals surface area contributed by atoms with Gasteiger partial charge >= 0.3 is 0 Å². The fourth-order valence-electron chi connectivity index (χ4n) is 1.56. The molecule has 4 nitrogen and oxygen atoms in total. The molecule has 82 valence electrons. The summed E-state index contributed by atoms with van der Waals surface area (Å²) in [6.07, 6.45) is 6.63. The first-order valence-electron chi connectivity index (χ1n) is 5.01. The van der Waals surface area contributed by atoms with Crippen LogP contribution in [0.3, 0.4) is 0 Å². The molecule has 0 aromatic heterocycles. The monoisotopic (exact) mass is 208 g/mol. The van der Waals surface area contributed by atoms with Crippen molar-refractivity contribution in [1.82, 2.24) is 10.2 Å². The van der Waals surface area contributed by atoms with Gasteiger partial charge < -0.3 is 0 Å². The number of imide groups is 1. The molecule has 0 aromatic carbocycles. The first-order chi connectivity index (χ1) is 6.98. The quantitative estimate of drug-likeness (QED) is 0.407. The van der Waals surface area contributed by atoms with E-state index in [1.54, 1.807) is 0 Å². The SMILES string of the molecule is C#CCCCN1CC(=O)NC(=O)C1(C)C. The topological polar surface area (TPSA) is 49.4 Å². The number of nitrogens with zero attached hydrogens (tertiary/aromatic N) is 1. The molecular weight excluding hydrogens is 192 g/mol. The van der Waals surface area contributed by atoms with E-state index in [0.717, 1.165) is 6.42 Å². The van der Waals surface area contributed by atoms with Gasteiger partial charge in [0.25, 0.3) is 0 Å². The fourth-order valence-corrected chi connectivity index (χ4v) is 1.56. The van der Waals surface area contributed by atoms with Crippen molar-refractivity contribution in [2.24, 2.45) is 0 Å². The minimum Gasteiger partial charge on any atom is -0.294 e. The molecule has 0 saturated carbocycles. The molecule has 1 fully saturated rings. The molecule has 1 N–H and O–H groups in total. The maximum absolute atomic E-state index is 11.6. The van der Waals surface area contributed by atoms with E-state index in [1.807, 2.05) is 18.7 Å². The Kier molecular flexibility index (Phi) is 3.48. The van der Waals surface area contributed by atoms with Crippen LogP contribution in [-0.4, -0.2) is 35.3 Å². The van der Waals surface area contributed by atoms with Gasteiger partial charge in [-0.2, -0.15) is 0 Å². The van der Waals surface area contributed by atoms with Crippen LogP contribution in [0.2, 0.25) is 0 Å². The van der Waals surface area contributed by atoms with Gasteiger partial charge in [0.15, 0.2) is 0 Å². The standard InChI is InChI=1S/C11H16N2O2/c1-4-5-6-7-13-8-9(14)12-10(15)11(13,2)3/h1H,5-8H2,2-3H3,(H,12,14,15). The number of hydrogen-bond acceptors (Lipinski definition) is 3. The predicted octanol–water partition coefficient (Wildman–Crippen LogP) is 0.137. The van der Waals surface area contributed by atoms with E-state index in [9.17, 15) is 9.59 Å². The predicted molar refractivity (Wildman–Crippen MR) is 56.9 cm³/mol. The smallest absolute Gasteiger partial charge is 0.246 e. The summed E-state index contributed by atoms with van der Waals surface area (Å²) in [5.41, 5.74) is -0.623. The third kappa shape index (κ3) is 2.57. The van der Waals surface area contributed by atoms with Gasteiger partial charge in [-0.15, -0.1) is 12.3 Å². The molecule has 1 heterocycles. The largest absolute Gasteiger partial charge is 0.294 e. The van der Waals surface area contributed by atoms with Crippen molar-refractivity contribution in [2.75, 3.05) is 13.1 Å². The Balaban J connectivity index is 2.63. The van der Waals surface area contributed by atoms with Crippen molar-refractivity contribution in [3.8, 4) is 12.3 Å². The lowest BCUT2D eigenvalue weighted by Gasteiger charge is -2.40. The number of carbonyl (C=O) groups excluding carboxylic acids is 2. The fraction of sp³-hybridized carbons (Fsp3) is 0.636. The Labute approximate surface area is 90.0 Å². The van der Waals surface area contributed by atoms with Crippen LogP contribution < -0.4 is 5.32 Å². The average Bonchev–Trinajstić information content (AvgIpc) is 2.14. The summed E-state index contributed by atoms with van der Waals surface area (Å²) in [6, 6.07) is 0. The third-order valence-electron chi connectivity index (χ3n) is 2.68. The molecule has 4 heteroatoms. The maximum atomic E-state index is 11.6. The zero-order chi connectivity index (χ0) is 11.5. The van der Waals surface area contributed by atoms with Crippen molar-refractivity contribution >= 4 is 11.8 Å². The Morgan fingerprint density at radius 1 is 1.53 bits per heavy atom. The Hall–Kier alpha value is -1.34. The minimum atomic E-state index is -0.623. The highest BCUT2D eigenvalue weighted by Gasteiger charge is 2.40. The van der Waals surface area contributed by atoms with Crippen molar-refractivity contribution in [2.45, 2.75) is 32.2 Å². The lowest BCUT2D eigenvalue weighted by molar-refractivity contribution is -0.145. The van der Waals surface area contributed by atoms with E-state index < -0.39 is 5.54 Å². The summed E-state index contributed by atoms with van der Waals surface area (Å²) in [7, 11) is 0. The molecule has 1 aliphatic heterocycles. The number of hydrogen-bond donors (Lipinski definition) is 1. The van der Waals surface area contributed by atoms with E-state index in [0.29, 0.717) is 13.0 Å². The highest BCUT2D eigenvalue weighted by Crippen LogP contribution is 2.18. The molecule has 0 unspecified atom stereocenters. The van der Waals surface area contributed by atoms with E-state index in [2.05, 4.69) is 11.2 Å². The van der Waals surface area contributed by atoms with Gasteiger partial charge in [-0.05, 0) is 20.3 Å². The number of terminal acetylenes is 1. The van der Waals surface area contributed by atoms with Crippen molar-refractivity contribution < 1.29 is 9.59 Å². The molecule has 0 aliphatic carbocycles. The molecule has 1 saturated heterocycles. The van der Waals surface area contributed by atoms with Crippen molar-refractivity contribution in [1.29, 1.82) is 0 Å².